The van der Waals surface area contributed by atoms with Crippen LogP contribution in [0.15, 0.2) is 53.4 Å². The van der Waals surface area contributed by atoms with Crippen molar-refractivity contribution in [3.05, 3.63) is 59.9 Å². The zero-order chi connectivity index (χ0) is 21.8. The number of amides is 2. The first-order valence-electron chi connectivity index (χ1n) is 9.26. The molecule has 8 heteroatoms. The maximum atomic E-state index is 13.1. The molecule has 2 rings (SSSR count). The van der Waals surface area contributed by atoms with Gasteiger partial charge in [0.2, 0.25) is 0 Å². The minimum atomic E-state index is -4.14. The summed E-state index contributed by atoms with van der Waals surface area (Å²) in [6.45, 7) is 9.57. The number of nitrogens with zero attached hydrogens (tertiary/aromatic N) is 1. The van der Waals surface area contributed by atoms with Gasteiger partial charge in [0.15, 0.2) is 0 Å². The normalized spacial score (nSPS) is 12.0. The highest BCUT2D eigenvalue weighted by Gasteiger charge is 2.24. The Morgan fingerprint density at radius 1 is 1.10 bits per heavy atom. The molecule has 0 aliphatic rings. The summed E-state index contributed by atoms with van der Waals surface area (Å²) in [5.74, 6) is -0.423. The largest absolute Gasteiger partial charge is 0.379 e. The number of hydrogen-bond donors (Lipinski definition) is 1. The fraction of sp³-hybridized carbons (Fsp3) is 0.381. The highest BCUT2D eigenvalue weighted by molar-refractivity contribution is 7.87. The van der Waals surface area contributed by atoms with Gasteiger partial charge in [-0.2, -0.15) is 8.42 Å². The quantitative estimate of drug-likeness (QED) is 0.704. The van der Waals surface area contributed by atoms with Crippen LogP contribution in [0.2, 0.25) is 0 Å². The molecule has 6 nitrogen and oxygen atoms in total. The zero-order valence-electron chi connectivity index (χ0n) is 17.3. The van der Waals surface area contributed by atoms with Crippen LogP contribution in [0.1, 0.15) is 40.2 Å². The van der Waals surface area contributed by atoms with Gasteiger partial charge in [-0.1, -0.05) is 18.2 Å². The van der Waals surface area contributed by atoms with Crippen molar-refractivity contribution in [3.63, 3.8) is 0 Å². The van der Waals surface area contributed by atoms with E-state index >= 15 is 0 Å². The Labute approximate surface area is 171 Å². The molecular formula is C21H27FN2O4S. The molecule has 0 bridgehead atoms. The van der Waals surface area contributed by atoms with Gasteiger partial charge in [-0.3, -0.25) is 0 Å². The van der Waals surface area contributed by atoms with E-state index in [2.05, 4.69) is 5.32 Å². The third kappa shape index (κ3) is 6.45. The van der Waals surface area contributed by atoms with Gasteiger partial charge >= 0.3 is 16.1 Å². The maximum absolute atomic E-state index is 13.1. The Kier molecular flexibility index (Phi) is 6.89. The molecule has 2 amide bonds. The van der Waals surface area contributed by atoms with E-state index in [0.717, 1.165) is 24.3 Å². The van der Waals surface area contributed by atoms with E-state index in [4.69, 9.17) is 4.18 Å². The lowest BCUT2D eigenvalue weighted by molar-refractivity contribution is 0.171. The summed E-state index contributed by atoms with van der Waals surface area (Å²) in [5, 5.41) is 2.91. The molecule has 0 aliphatic heterocycles. The van der Waals surface area contributed by atoms with Gasteiger partial charge in [-0.05, 0) is 65.0 Å². The third-order valence-corrected chi connectivity index (χ3v) is 5.23. The average molecular weight is 423 g/mol. The number of para-hydroxylation sites is 1. The first-order valence-corrected chi connectivity index (χ1v) is 10.7. The third-order valence-electron chi connectivity index (χ3n) is 3.98. The number of hydrogen-bond acceptors (Lipinski definition) is 4. The number of nitrogens with one attached hydrogen (secondary N) is 1. The minimum Gasteiger partial charge on any atom is -0.379 e. The van der Waals surface area contributed by atoms with Crippen molar-refractivity contribution in [2.75, 3.05) is 0 Å². The molecule has 0 radical (unpaired) electrons. The second kappa shape index (κ2) is 8.82. The van der Waals surface area contributed by atoms with Crippen molar-refractivity contribution in [2.45, 2.75) is 57.6 Å². The topological polar surface area (TPSA) is 75.7 Å². The van der Waals surface area contributed by atoms with E-state index < -0.39 is 21.5 Å². The number of carbonyl (C=O) groups is 1. The molecule has 0 aliphatic carbocycles. The van der Waals surface area contributed by atoms with Crippen LogP contribution >= 0.6 is 0 Å². The van der Waals surface area contributed by atoms with E-state index in [1.54, 1.807) is 23.1 Å². The number of halogens is 1. The smallest absolute Gasteiger partial charge is 0.339 e. The predicted octanol–water partition coefficient (Wildman–Crippen LogP) is 4.31. The van der Waals surface area contributed by atoms with Gasteiger partial charge in [0.05, 0.1) is 6.54 Å². The molecule has 0 aromatic heterocycles. The van der Waals surface area contributed by atoms with E-state index in [1.165, 1.54) is 6.07 Å². The van der Waals surface area contributed by atoms with Crippen LogP contribution in [0.5, 0.6) is 5.75 Å². The summed E-state index contributed by atoms with van der Waals surface area (Å²) in [6, 6.07) is 10.6. The van der Waals surface area contributed by atoms with Crippen molar-refractivity contribution >= 4 is 16.1 Å². The monoisotopic (exact) mass is 422 g/mol. The number of urea groups is 1. The van der Waals surface area contributed by atoms with E-state index in [-0.39, 0.29) is 29.3 Å². The number of benzene rings is 2. The van der Waals surface area contributed by atoms with E-state index in [9.17, 15) is 17.6 Å². The van der Waals surface area contributed by atoms with Crippen LogP contribution in [0.3, 0.4) is 0 Å². The van der Waals surface area contributed by atoms with Gasteiger partial charge in [0, 0.05) is 17.1 Å². The summed E-state index contributed by atoms with van der Waals surface area (Å²) in [5.41, 5.74) is 0.127. The van der Waals surface area contributed by atoms with Crippen molar-refractivity contribution in [2.24, 2.45) is 0 Å². The molecule has 0 fully saturated rings. The summed E-state index contributed by atoms with van der Waals surface area (Å²) in [7, 11) is -4.14. The summed E-state index contributed by atoms with van der Waals surface area (Å²) < 4.78 is 43.5. The second-order valence-corrected chi connectivity index (χ2v) is 9.55. The van der Waals surface area contributed by atoms with E-state index in [0.29, 0.717) is 5.56 Å². The van der Waals surface area contributed by atoms with Crippen molar-refractivity contribution in [3.8, 4) is 5.75 Å². The van der Waals surface area contributed by atoms with Crippen molar-refractivity contribution in [1.29, 1.82) is 0 Å². The molecule has 2 aromatic carbocycles. The highest BCUT2D eigenvalue weighted by Crippen LogP contribution is 2.25. The Balaban J connectivity index is 2.29. The highest BCUT2D eigenvalue weighted by atomic mass is 32.2. The second-order valence-electron chi connectivity index (χ2n) is 8.00. The first-order chi connectivity index (χ1) is 13.4. The predicted molar refractivity (Wildman–Crippen MR) is 110 cm³/mol. The van der Waals surface area contributed by atoms with Gasteiger partial charge in [0.25, 0.3) is 0 Å². The van der Waals surface area contributed by atoms with E-state index in [1.807, 2.05) is 34.6 Å². The summed E-state index contributed by atoms with van der Waals surface area (Å²) in [4.78, 5) is 14.1. The molecule has 0 unspecified atom stereocenters. The lowest BCUT2D eigenvalue weighted by Gasteiger charge is -2.31. The molecule has 158 valence electrons. The maximum Gasteiger partial charge on any atom is 0.339 e. The van der Waals surface area contributed by atoms with Crippen LogP contribution in [-0.4, -0.2) is 30.9 Å². The molecule has 0 saturated carbocycles. The standard InChI is InChI=1S/C21H27FN2O4S/c1-15(2)24(20(25)23-21(3,4)5)14-16-8-6-7-9-19(16)28-29(26,27)18-12-10-17(22)11-13-18/h6-13,15H,14H2,1-5H3,(H,23,25). The Bertz CT molecular complexity index is 951. The molecule has 1 N–H and O–H groups in total. The van der Waals surface area contributed by atoms with Gasteiger partial charge < -0.3 is 14.4 Å². The molecule has 0 atom stereocenters. The Morgan fingerprint density at radius 3 is 2.24 bits per heavy atom. The van der Waals surface area contributed by atoms with Crippen LogP contribution in [0.25, 0.3) is 0 Å². The van der Waals surface area contributed by atoms with Crippen LogP contribution in [0.4, 0.5) is 9.18 Å². The fourth-order valence-electron chi connectivity index (χ4n) is 2.55. The van der Waals surface area contributed by atoms with Gasteiger partial charge in [-0.15, -0.1) is 0 Å². The zero-order valence-corrected chi connectivity index (χ0v) is 18.1. The lowest BCUT2D eigenvalue weighted by Crippen LogP contribution is -2.50. The summed E-state index contributed by atoms with van der Waals surface area (Å²) >= 11 is 0. The van der Waals surface area contributed by atoms with Crippen molar-refractivity contribution < 1.29 is 21.8 Å². The molecular weight excluding hydrogens is 395 g/mol. The first kappa shape index (κ1) is 22.7. The molecule has 2 aromatic rings. The van der Waals surface area contributed by atoms with Gasteiger partial charge in [-0.25, -0.2) is 9.18 Å². The molecule has 29 heavy (non-hydrogen) atoms. The van der Waals surface area contributed by atoms with Gasteiger partial charge in [0.1, 0.15) is 16.5 Å². The number of rotatable bonds is 6. The lowest BCUT2D eigenvalue weighted by atomic mass is 10.1. The van der Waals surface area contributed by atoms with Crippen LogP contribution in [0, 0.1) is 5.82 Å². The number of carbonyl (C=O) groups excluding carboxylic acids is 1. The molecule has 0 heterocycles. The molecule has 0 saturated heterocycles. The average Bonchev–Trinajstić information content (AvgIpc) is 2.59. The fourth-order valence-corrected chi connectivity index (χ4v) is 3.51. The Morgan fingerprint density at radius 2 is 1.69 bits per heavy atom. The SMILES string of the molecule is CC(C)N(Cc1ccccc1OS(=O)(=O)c1ccc(F)cc1)C(=O)NC(C)(C)C. The van der Waals surface area contributed by atoms with Crippen molar-refractivity contribution in [1.82, 2.24) is 10.2 Å². The Hall–Kier alpha value is -2.61. The van der Waals surface area contributed by atoms with Crippen LogP contribution in [-0.2, 0) is 16.7 Å². The molecule has 0 spiro atoms. The summed E-state index contributed by atoms with van der Waals surface area (Å²) in [6.07, 6.45) is 0. The van der Waals surface area contributed by atoms with Crippen LogP contribution < -0.4 is 9.50 Å². The minimum absolute atomic E-state index is 0.117.